The smallest absolute Gasteiger partial charge is 0.410 e. The lowest BCUT2D eigenvalue weighted by atomic mass is 10.1. The second-order valence-electron chi connectivity index (χ2n) is 5.97. The lowest BCUT2D eigenvalue weighted by molar-refractivity contribution is -0.172. The molecule has 0 spiro atoms. The van der Waals surface area contributed by atoms with E-state index in [1.165, 1.54) is 27.9 Å². The van der Waals surface area contributed by atoms with E-state index in [0.717, 1.165) is 4.68 Å². The number of carbonyl (C=O) groups excluding carboxylic acids is 1. The molecule has 140 valence electrons. The fourth-order valence-corrected chi connectivity index (χ4v) is 2.96. The molecule has 0 bridgehead atoms. The van der Waals surface area contributed by atoms with Crippen molar-refractivity contribution in [3.05, 3.63) is 29.7 Å². The van der Waals surface area contributed by atoms with Crippen molar-refractivity contribution in [2.24, 2.45) is 0 Å². The van der Waals surface area contributed by atoms with E-state index < -0.39 is 24.1 Å². The van der Waals surface area contributed by atoms with Crippen LogP contribution in [0, 0.1) is 6.92 Å². The number of carboxylic acid groups (broad SMARTS) is 1. The third kappa shape index (κ3) is 3.28. The normalized spacial score (nSPS) is 17.2. The first-order valence-corrected chi connectivity index (χ1v) is 7.87. The topological polar surface area (TPSA) is 93.3 Å². The lowest BCUT2D eigenvalue weighted by Crippen LogP contribution is -2.43. The summed E-state index contributed by atoms with van der Waals surface area (Å²) in [5.41, 5.74) is 0.482. The van der Waals surface area contributed by atoms with Gasteiger partial charge in [-0.2, -0.15) is 23.4 Å². The Morgan fingerprint density at radius 2 is 2.12 bits per heavy atom. The van der Waals surface area contributed by atoms with E-state index >= 15 is 0 Å². The highest BCUT2D eigenvalue weighted by molar-refractivity contribution is 6.04. The number of amides is 1. The van der Waals surface area contributed by atoms with Crippen molar-refractivity contribution in [3.8, 4) is 0 Å². The Balaban J connectivity index is 1.92. The first-order valence-electron chi connectivity index (χ1n) is 7.87. The van der Waals surface area contributed by atoms with Crippen molar-refractivity contribution < 1.29 is 27.9 Å². The Labute approximate surface area is 145 Å². The molecule has 2 aromatic rings. The van der Waals surface area contributed by atoms with Crippen LogP contribution < -0.4 is 4.90 Å². The molecular formula is C15H16F3N5O3. The molecular weight excluding hydrogens is 355 g/mol. The molecule has 1 amide bonds. The van der Waals surface area contributed by atoms with Gasteiger partial charge in [-0.15, -0.1) is 0 Å². The lowest BCUT2D eigenvalue weighted by Gasteiger charge is -2.33. The highest BCUT2D eigenvalue weighted by atomic mass is 19.4. The summed E-state index contributed by atoms with van der Waals surface area (Å²) >= 11 is 0. The summed E-state index contributed by atoms with van der Waals surface area (Å²) in [6.07, 6.45) is -3.66. The summed E-state index contributed by atoms with van der Waals surface area (Å²) in [5, 5.41) is 16.6. The van der Waals surface area contributed by atoms with Crippen LogP contribution in [-0.4, -0.2) is 49.3 Å². The number of anilines is 1. The van der Waals surface area contributed by atoms with E-state index in [4.69, 9.17) is 5.11 Å². The van der Waals surface area contributed by atoms with Gasteiger partial charge >= 0.3 is 12.1 Å². The summed E-state index contributed by atoms with van der Waals surface area (Å²) in [6.45, 7) is 1.41. The number of nitrogens with zero attached hydrogens (tertiary/aromatic N) is 5. The number of halogens is 3. The molecule has 2 aromatic heterocycles. The van der Waals surface area contributed by atoms with Crippen LogP contribution in [0.15, 0.2) is 18.3 Å². The molecule has 26 heavy (non-hydrogen) atoms. The first kappa shape index (κ1) is 18.0. The van der Waals surface area contributed by atoms with Gasteiger partial charge in [-0.25, -0.2) is 4.68 Å². The number of fused-ring (bicyclic) bond motifs is 1. The number of carbonyl (C=O) groups is 2. The molecule has 1 atom stereocenters. The van der Waals surface area contributed by atoms with Crippen LogP contribution in [0.4, 0.5) is 19.0 Å². The van der Waals surface area contributed by atoms with Gasteiger partial charge in [0, 0.05) is 18.8 Å². The van der Waals surface area contributed by atoms with Gasteiger partial charge in [-0.1, -0.05) is 0 Å². The molecule has 0 aromatic carbocycles. The molecule has 8 nitrogen and oxygen atoms in total. The van der Waals surface area contributed by atoms with E-state index in [1.807, 2.05) is 0 Å². The van der Waals surface area contributed by atoms with Crippen LogP contribution in [0.2, 0.25) is 0 Å². The number of carboxylic acids is 1. The molecule has 0 aliphatic carbocycles. The zero-order chi connectivity index (χ0) is 19.1. The van der Waals surface area contributed by atoms with E-state index in [0.29, 0.717) is 5.69 Å². The second kappa shape index (κ2) is 6.46. The van der Waals surface area contributed by atoms with E-state index in [9.17, 15) is 22.8 Å². The van der Waals surface area contributed by atoms with Crippen LogP contribution in [0.5, 0.6) is 0 Å². The largest absolute Gasteiger partial charge is 0.481 e. The van der Waals surface area contributed by atoms with Gasteiger partial charge in [0.1, 0.15) is 11.5 Å². The molecule has 0 fully saturated rings. The second-order valence-corrected chi connectivity index (χ2v) is 5.97. The van der Waals surface area contributed by atoms with Gasteiger partial charge in [0.15, 0.2) is 6.04 Å². The maximum Gasteiger partial charge on any atom is 0.410 e. The molecule has 3 heterocycles. The van der Waals surface area contributed by atoms with Gasteiger partial charge in [0.25, 0.3) is 5.91 Å². The highest BCUT2D eigenvalue weighted by Crippen LogP contribution is 2.39. The molecule has 3 rings (SSSR count). The predicted octanol–water partition coefficient (Wildman–Crippen LogP) is 2.02. The van der Waals surface area contributed by atoms with Crippen LogP contribution in [0.3, 0.4) is 0 Å². The Morgan fingerprint density at radius 1 is 1.38 bits per heavy atom. The van der Waals surface area contributed by atoms with E-state index in [-0.39, 0.29) is 37.4 Å². The number of rotatable bonds is 4. The number of hydrogen-bond acceptors (Lipinski definition) is 4. The van der Waals surface area contributed by atoms with Gasteiger partial charge in [0.05, 0.1) is 18.7 Å². The average molecular weight is 371 g/mol. The fourth-order valence-electron chi connectivity index (χ4n) is 2.96. The third-order valence-electron chi connectivity index (χ3n) is 4.13. The van der Waals surface area contributed by atoms with Crippen LogP contribution in [0.1, 0.15) is 35.1 Å². The summed E-state index contributed by atoms with van der Waals surface area (Å²) in [7, 11) is 0. The van der Waals surface area contributed by atoms with Gasteiger partial charge in [-0.05, 0) is 19.4 Å². The van der Waals surface area contributed by atoms with Crippen LogP contribution in [0.25, 0.3) is 0 Å². The standard InChI is InChI=1S/C15H16F3N5O3/c1-9-8-12-21(6-3-11(15(16,17)18)23(12)20-9)14(26)10-2-5-19-22(10)7-4-13(24)25/h2,5,8,11H,3-4,6-7H2,1H3,(H,24,25). The number of hydrogen-bond donors (Lipinski definition) is 1. The Kier molecular flexibility index (Phi) is 4.46. The minimum atomic E-state index is -4.47. The summed E-state index contributed by atoms with van der Waals surface area (Å²) in [5.74, 6) is -1.53. The molecule has 1 unspecified atom stereocenters. The van der Waals surface area contributed by atoms with Crippen molar-refractivity contribution >= 4 is 17.7 Å². The van der Waals surface area contributed by atoms with Gasteiger partial charge in [0.2, 0.25) is 0 Å². The Morgan fingerprint density at radius 3 is 2.77 bits per heavy atom. The Hall–Kier alpha value is -2.85. The monoisotopic (exact) mass is 371 g/mol. The minimum Gasteiger partial charge on any atom is -0.481 e. The summed E-state index contributed by atoms with van der Waals surface area (Å²) < 4.78 is 41.8. The van der Waals surface area contributed by atoms with Crippen LogP contribution in [-0.2, 0) is 11.3 Å². The quantitative estimate of drug-likeness (QED) is 0.888. The molecule has 11 heteroatoms. The van der Waals surface area contributed by atoms with Crippen LogP contribution >= 0.6 is 0 Å². The highest BCUT2D eigenvalue weighted by Gasteiger charge is 2.46. The molecule has 0 saturated heterocycles. The average Bonchev–Trinajstić information content (AvgIpc) is 3.15. The van der Waals surface area contributed by atoms with Gasteiger partial charge in [-0.3, -0.25) is 19.2 Å². The molecule has 0 saturated carbocycles. The van der Waals surface area contributed by atoms with Crippen molar-refractivity contribution in [1.29, 1.82) is 0 Å². The number of alkyl halides is 3. The number of aryl methyl sites for hydroxylation is 2. The summed E-state index contributed by atoms with van der Waals surface area (Å²) in [4.78, 5) is 24.8. The zero-order valence-corrected chi connectivity index (χ0v) is 13.8. The number of aromatic nitrogens is 4. The zero-order valence-electron chi connectivity index (χ0n) is 13.8. The maximum atomic E-state index is 13.2. The minimum absolute atomic E-state index is 0.0132. The van der Waals surface area contributed by atoms with Crippen molar-refractivity contribution in [2.75, 3.05) is 11.4 Å². The van der Waals surface area contributed by atoms with Crippen molar-refractivity contribution in [2.45, 2.75) is 38.5 Å². The number of aliphatic carboxylic acids is 1. The molecule has 1 N–H and O–H groups in total. The summed E-state index contributed by atoms with van der Waals surface area (Å²) in [6, 6.07) is 1.05. The van der Waals surface area contributed by atoms with E-state index in [2.05, 4.69) is 10.2 Å². The molecule has 0 radical (unpaired) electrons. The van der Waals surface area contributed by atoms with E-state index in [1.54, 1.807) is 6.92 Å². The predicted molar refractivity (Wildman–Crippen MR) is 82.8 cm³/mol. The Bertz CT molecular complexity index is 842. The SMILES string of the molecule is Cc1cc2n(n1)C(C(F)(F)F)CCN2C(=O)c1ccnn1CCC(=O)O. The third-order valence-corrected chi connectivity index (χ3v) is 4.13. The molecule has 1 aliphatic heterocycles. The fraction of sp³-hybridized carbons (Fsp3) is 0.467. The molecule has 1 aliphatic rings. The first-order chi connectivity index (χ1) is 12.2. The van der Waals surface area contributed by atoms with Crippen molar-refractivity contribution in [3.63, 3.8) is 0 Å². The van der Waals surface area contributed by atoms with Gasteiger partial charge < -0.3 is 5.11 Å². The maximum absolute atomic E-state index is 13.2. The van der Waals surface area contributed by atoms with Crippen molar-refractivity contribution in [1.82, 2.24) is 19.6 Å².